The van der Waals surface area contributed by atoms with Crippen molar-refractivity contribution in [3.63, 3.8) is 0 Å². The van der Waals surface area contributed by atoms with Crippen molar-refractivity contribution in [3.8, 4) is 17.2 Å². The molecule has 0 fully saturated rings. The number of aromatic hydroxyl groups is 1. The molecule has 0 saturated carbocycles. The second-order valence-corrected chi connectivity index (χ2v) is 15.7. The van der Waals surface area contributed by atoms with Crippen LogP contribution in [-0.4, -0.2) is 33.4 Å². The van der Waals surface area contributed by atoms with Crippen LogP contribution in [0.3, 0.4) is 0 Å². The molecule has 2 aromatic carbocycles. The van der Waals surface area contributed by atoms with Gasteiger partial charge >= 0.3 is 0 Å². The monoisotopic (exact) mass is 484 g/mol. The lowest BCUT2D eigenvalue weighted by Crippen LogP contribution is -2.41. The first kappa shape index (κ1) is 26.1. The molecule has 0 aromatic heterocycles. The van der Waals surface area contributed by atoms with E-state index in [0.717, 1.165) is 25.0 Å². The Hall–Kier alpha value is -2.47. The Labute approximate surface area is 205 Å². The first-order chi connectivity index (χ1) is 15.9. The molecule has 5 nitrogen and oxygen atoms in total. The smallest absolute Gasteiger partial charge is 0.250 e. The summed E-state index contributed by atoms with van der Waals surface area (Å²) in [6, 6.07) is 7.11. The largest absolute Gasteiger partial charge is 0.547 e. The first-order valence-corrected chi connectivity index (χ1v) is 15.1. The van der Waals surface area contributed by atoms with Crippen molar-refractivity contribution in [1.29, 1.82) is 0 Å². The normalized spacial score (nSPS) is 19.0. The number of hydrogen-bond acceptors (Lipinski definition) is 5. The number of phenolic OH excluding ortho intramolecular Hbond substituents is 1. The Bertz CT molecular complexity index is 1080. The lowest BCUT2D eigenvalue weighted by Gasteiger charge is -2.39. The van der Waals surface area contributed by atoms with E-state index in [9.17, 15) is 9.90 Å². The summed E-state index contributed by atoms with van der Waals surface area (Å²) in [6.07, 6.45) is 5.41. The number of ketones is 1. The Balaban J connectivity index is 1.94. The fourth-order valence-corrected chi connectivity index (χ4v) is 5.61. The maximum absolute atomic E-state index is 13.5. The summed E-state index contributed by atoms with van der Waals surface area (Å²) in [5.41, 5.74) is 0.271. The fraction of sp³-hybridized carbons (Fsp3) is 0.536. The standard InChI is InChI=1S/C28H40O5Si/c1-9-18-13-19(15-20(14-18)33-34(7,8)28(2,3)4)16-23(29)22-17-25(32-6)21-11-10-12-24(31-5)26(21)27(22)30/h10-12,15,17-19,30H,9,13-14,16H2,1-8H3. The van der Waals surface area contributed by atoms with Crippen LogP contribution < -0.4 is 9.47 Å². The van der Waals surface area contributed by atoms with Crippen LogP contribution in [0.5, 0.6) is 17.2 Å². The van der Waals surface area contributed by atoms with Crippen LogP contribution in [0.15, 0.2) is 36.1 Å². The highest BCUT2D eigenvalue weighted by Gasteiger charge is 2.40. The number of rotatable bonds is 8. The van der Waals surface area contributed by atoms with Gasteiger partial charge in [0.1, 0.15) is 17.2 Å². The molecule has 1 N–H and O–H groups in total. The molecule has 3 rings (SSSR count). The zero-order valence-electron chi connectivity index (χ0n) is 22.0. The molecule has 2 unspecified atom stereocenters. The summed E-state index contributed by atoms with van der Waals surface area (Å²) in [6.45, 7) is 13.4. The van der Waals surface area contributed by atoms with Crippen molar-refractivity contribution >= 4 is 24.9 Å². The summed E-state index contributed by atoms with van der Waals surface area (Å²) in [4.78, 5) is 13.5. The Morgan fingerprint density at radius 3 is 2.41 bits per heavy atom. The quantitative estimate of drug-likeness (QED) is 0.311. The van der Waals surface area contributed by atoms with Gasteiger partial charge in [0.05, 0.1) is 30.9 Å². The maximum Gasteiger partial charge on any atom is 0.250 e. The van der Waals surface area contributed by atoms with Gasteiger partial charge in [-0.05, 0) is 54.6 Å². The molecular formula is C28H40O5Si. The Kier molecular flexibility index (Phi) is 7.71. The van der Waals surface area contributed by atoms with Crippen LogP contribution in [0.1, 0.15) is 63.7 Å². The van der Waals surface area contributed by atoms with E-state index in [0.29, 0.717) is 34.6 Å². The van der Waals surface area contributed by atoms with Crippen molar-refractivity contribution in [2.24, 2.45) is 11.8 Å². The van der Waals surface area contributed by atoms with Gasteiger partial charge in [0.15, 0.2) is 5.78 Å². The van der Waals surface area contributed by atoms with Gasteiger partial charge in [-0.3, -0.25) is 4.79 Å². The highest BCUT2D eigenvalue weighted by Crippen LogP contribution is 2.44. The number of methoxy groups -OCH3 is 2. The average Bonchev–Trinajstić information content (AvgIpc) is 2.77. The molecule has 186 valence electrons. The second-order valence-electron chi connectivity index (χ2n) is 11.0. The molecule has 2 aromatic rings. The highest BCUT2D eigenvalue weighted by molar-refractivity contribution is 6.74. The topological polar surface area (TPSA) is 65.0 Å². The SMILES string of the molecule is CCC1CC(O[Si](C)(C)C(C)(C)C)=CC(CC(=O)c2cc(OC)c3cccc(OC)c3c2O)C1. The third-order valence-electron chi connectivity index (χ3n) is 7.56. The minimum absolute atomic E-state index is 0.0529. The van der Waals surface area contributed by atoms with E-state index in [4.69, 9.17) is 13.9 Å². The third-order valence-corrected chi connectivity index (χ3v) is 11.9. The lowest BCUT2D eigenvalue weighted by molar-refractivity contribution is 0.0957. The Morgan fingerprint density at radius 1 is 1.15 bits per heavy atom. The predicted molar refractivity (Wildman–Crippen MR) is 141 cm³/mol. The van der Waals surface area contributed by atoms with Crippen LogP contribution in [-0.2, 0) is 4.43 Å². The number of carbonyl (C=O) groups is 1. The van der Waals surface area contributed by atoms with Crippen molar-refractivity contribution in [2.45, 2.75) is 71.5 Å². The van der Waals surface area contributed by atoms with Gasteiger partial charge in [-0.2, -0.15) is 0 Å². The summed E-state index contributed by atoms with van der Waals surface area (Å²) in [5, 5.41) is 12.4. The van der Waals surface area contributed by atoms with Crippen LogP contribution in [0.2, 0.25) is 18.1 Å². The van der Waals surface area contributed by atoms with E-state index < -0.39 is 8.32 Å². The number of ether oxygens (including phenoxy) is 2. The van der Waals surface area contributed by atoms with E-state index in [1.54, 1.807) is 26.4 Å². The molecule has 0 heterocycles. The van der Waals surface area contributed by atoms with Crippen molar-refractivity contribution in [2.75, 3.05) is 14.2 Å². The van der Waals surface area contributed by atoms with Gasteiger partial charge in [0.25, 0.3) is 0 Å². The molecule has 0 saturated heterocycles. The molecule has 2 atom stereocenters. The maximum atomic E-state index is 13.5. The zero-order valence-corrected chi connectivity index (χ0v) is 23.0. The van der Waals surface area contributed by atoms with E-state index in [-0.39, 0.29) is 28.1 Å². The van der Waals surface area contributed by atoms with Gasteiger partial charge in [0, 0.05) is 18.2 Å². The molecule has 0 bridgehead atoms. The molecule has 34 heavy (non-hydrogen) atoms. The molecule has 6 heteroatoms. The molecule has 0 amide bonds. The van der Waals surface area contributed by atoms with Gasteiger partial charge in [-0.25, -0.2) is 0 Å². The number of allylic oxidation sites excluding steroid dienone is 2. The van der Waals surface area contributed by atoms with Crippen molar-refractivity contribution in [1.82, 2.24) is 0 Å². The first-order valence-electron chi connectivity index (χ1n) is 12.2. The minimum atomic E-state index is -1.95. The number of carbonyl (C=O) groups excluding carboxylic acids is 1. The van der Waals surface area contributed by atoms with E-state index in [1.807, 2.05) is 12.1 Å². The van der Waals surface area contributed by atoms with E-state index in [1.165, 1.54) is 0 Å². The predicted octanol–water partition coefficient (Wildman–Crippen LogP) is 7.48. The van der Waals surface area contributed by atoms with Gasteiger partial charge < -0.3 is 19.0 Å². The van der Waals surface area contributed by atoms with Crippen LogP contribution in [0, 0.1) is 11.8 Å². The second kappa shape index (κ2) is 10.0. The molecule has 1 aliphatic carbocycles. The van der Waals surface area contributed by atoms with Crippen LogP contribution in [0.4, 0.5) is 0 Å². The molecule has 0 spiro atoms. The van der Waals surface area contributed by atoms with Gasteiger partial charge in [-0.15, -0.1) is 0 Å². The molecular weight excluding hydrogens is 444 g/mol. The summed E-state index contributed by atoms with van der Waals surface area (Å²) in [5.74, 6) is 2.49. The van der Waals surface area contributed by atoms with Gasteiger partial charge in [-0.1, -0.05) is 46.2 Å². The Morgan fingerprint density at radius 2 is 1.82 bits per heavy atom. The fourth-order valence-electron chi connectivity index (χ4n) is 4.50. The molecule has 0 aliphatic heterocycles. The number of fused-ring (bicyclic) bond motifs is 1. The van der Waals surface area contributed by atoms with Crippen LogP contribution >= 0.6 is 0 Å². The summed E-state index contributed by atoms with van der Waals surface area (Å²) < 4.78 is 17.7. The number of phenols is 1. The highest BCUT2D eigenvalue weighted by atomic mass is 28.4. The average molecular weight is 485 g/mol. The van der Waals surface area contributed by atoms with E-state index >= 15 is 0 Å². The number of benzene rings is 2. The molecule has 0 radical (unpaired) electrons. The van der Waals surface area contributed by atoms with Gasteiger partial charge in [0.2, 0.25) is 8.32 Å². The minimum Gasteiger partial charge on any atom is -0.547 e. The number of Topliss-reactive ketones (excluding diaryl/α,β-unsaturated/α-hetero) is 1. The van der Waals surface area contributed by atoms with Crippen molar-refractivity contribution in [3.05, 3.63) is 41.7 Å². The molecule has 1 aliphatic rings. The summed E-state index contributed by atoms with van der Waals surface area (Å²) >= 11 is 0. The number of hydrogen-bond donors (Lipinski definition) is 1. The lowest BCUT2D eigenvalue weighted by atomic mass is 9.81. The van der Waals surface area contributed by atoms with E-state index in [2.05, 4.69) is 46.9 Å². The zero-order chi connectivity index (χ0) is 25.3. The van der Waals surface area contributed by atoms with Crippen molar-refractivity contribution < 1.29 is 23.8 Å². The third kappa shape index (κ3) is 5.27. The van der Waals surface area contributed by atoms with Crippen LogP contribution in [0.25, 0.3) is 10.8 Å². The summed E-state index contributed by atoms with van der Waals surface area (Å²) in [7, 11) is 1.17.